The SMILES string of the molecule is Cc1oc2nc1C(=O)N[C@@H](C(C)C)c1nc(cs1)C(=O)NCCN(C(=O)CNS(C)(=O)=O)CCCC(=O)N[C@H]2Cc1ccccc1. The molecule has 1 aliphatic rings. The molecule has 0 saturated heterocycles. The van der Waals surface area contributed by atoms with Gasteiger partial charge in [-0.3, -0.25) is 19.2 Å². The molecule has 4 rings (SSSR count). The van der Waals surface area contributed by atoms with Gasteiger partial charge in [0, 0.05) is 37.9 Å². The smallest absolute Gasteiger partial charge is 0.274 e. The third kappa shape index (κ3) is 9.67. The van der Waals surface area contributed by atoms with Crippen molar-refractivity contribution in [3.05, 3.63) is 69.3 Å². The van der Waals surface area contributed by atoms with Crippen LogP contribution < -0.4 is 20.7 Å². The van der Waals surface area contributed by atoms with Crippen molar-refractivity contribution >= 4 is 45.0 Å². The highest BCUT2D eigenvalue weighted by atomic mass is 32.2. The summed E-state index contributed by atoms with van der Waals surface area (Å²) in [6.07, 6.45) is 1.60. The molecule has 248 valence electrons. The van der Waals surface area contributed by atoms with Crippen molar-refractivity contribution in [3.8, 4) is 0 Å². The molecular weight excluding hydrogens is 635 g/mol. The van der Waals surface area contributed by atoms with Crippen LogP contribution in [0.15, 0.2) is 40.1 Å². The lowest BCUT2D eigenvalue weighted by Crippen LogP contribution is -2.44. The summed E-state index contributed by atoms with van der Waals surface area (Å²) in [5.74, 6) is -1.39. The number of carbonyl (C=O) groups excluding carboxylic acids is 4. The Morgan fingerprint density at radius 1 is 1.11 bits per heavy atom. The lowest BCUT2D eigenvalue weighted by molar-refractivity contribution is -0.130. The molecule has 4 N–H and O–H groups in total. The molecule has 1 aromatic carbocycles. The highest BCUT2D eigenvalue weighted by Gasteiger charge is 2.29. The van der Waals surface area contributed by atoms with Crippen LogP contribution in [0.1, 0.15) is 82.0 Å². The molecule has 0 aliphatic carbocycles. The molecule has 3 aromatic rings. The number of nitrogens with one attached hydrogen (secondary N) is 4. The number of hydrogen-bond acceptors (Lipinski definition) is 10. The van der Waals surface area contributed by atoms with Crippen molar-refractivity contribution in [2.45, 2.75) is 52.1 Å². The fourth-order valence-corrected chi connectivity index (χ4v) is 6.25. The molecule has 14 nitrogen and oxygen atoms in total. The van der Waals surface area contributed by atoms with Crippen molar-refractivity contribution in [1.82, 2.24) is 35.5 Å². The van der Waals surface area contributed by atoms with E-state index < -0.39 is 46.4 Å². The van der Waals surface area contributed by atoms with Gasteiger partial charge in [0.2, 0.25) is 27.7 Å². The quantitative estimate of drug-likeness (QED) is 0.302. The summed E-state index contributed by atoms with van der Waals surface area (Å²) in [4.78, 5) is 62.8. The van der Waals surface area contributed by atoms with Crippen molar-refractivity contribution < 1.29 is 32.0 Å². The molecule has 0 saturated carbocycles. The largest absolute Gasteiger partial charge is 0.443 e. The standard InChI is InChI=1S/C30H39N7O7S2/c1-18(2)25-30-34-22(17-45-30)27(40)31-12-14-37(24(39)16-32-46(4,42)43)13-8-11-23(38)33-21(15-20-9-6-5-7-10-20)29-36-26(19(3)44-29)28(41)35-25/h5-7,9-10,17-18,21,25,32H,8,11-16H2,1-4H3,(H,31,40)(H,33,38)(H,35,41)/t21-,25-/m0/s1. The fourth-order valence-electron chi connectivity index (χ4n) is 4.84. The third-order valence-electron chi connectivity index (χ3n) is 7.26. The van der Waals surface area contributed by atoms with Crippen molar-refractivity contribution in [2.24, 2.45) is 5.92 Å². The number of aryl methyl sites for hydroxylation is 1. The Morgan fingerprint density at radius 2 is 1.85 bits per heavy atom. The van der Waals surface area contributed by atoms with E-state index in [-0.39, 0.29) is 67.3 Å². The zero-order valence-electron chi connectivity index (χ0n) is 26.2. The lowest BCUT2D eigenvalue weighted by Gasteiger charge is -2.23. The van der Waals surface area contributed by atoms with Gasteiger partial charge in [-0.05, 0) is 24.8 Å². The number of rotatable bonds is 6. The summed E-state index contributed by atoms with van der Waals surface area (Å²) in [6.45, 7) is 5.29. The van der Waals surface area contributed by atoms with Gasteiger partial charge in [0.05, 0.1) is 18.8 Å². The van der Waals surface area contributed by atoms with Crippen LogP contribution in [-0.2, 0) is 26.0 Å². The van der Waals surface area contributed by atoms with E-state index in [1.807, 2.05) is 44.2 Å². The Kier molecular flexibility index (Phi) is 11.6. The highest BCUT2D eigenvalue weighted by Crippen LogP contribution is 2.27. The van der Waals surface area contributed by atoms with Gasteiger partial charge in [0.25, 0.3) is 11.8 Å². The minimum atomic E-state index is -3.61. The molecule has 4 bridgehead atoms. The lowest BCUT2D eigenvalue weighted by atomic mass is 10.0. The van der Waals surface area contributed by atoms with E-state index in [2.05, 4.69) is 30.6 Å². The topological polar surface area (TPSA) is 193 Å². The van der Waals surface area contributed by atoms with Gasteiger partial charge in [-0.1, -0.05) is 44.2 Å². The number of benzene rings is 1. The second kappa shape index (κ2) is 15.4. The minimum Gasteiger partial charge on any atom is -0.443 e. The van der Waals surface area contributed by atoms with E-state index in [1.165, 1.54) is 16.2 Å². The van der Waals surface area contributed by atoms with E-state index in [1.54, 1.807) is 12.3 Å². The monoisotopic (exact) mass is 673 g/mol. The van der Waals surface area contributed by atoms with Crippen LogP contribution in [0.4, 0.5) is 0 Å². The van der Waals surface area contributed by atoms with Gasteiger partial charge >= 0.3 is 0 Å². The van der Waals surface area contributed by atoms with Crippen LogP contribution in [0.5, 0.6) is 0 Å². The maximum absolute atomic E-state index is 13.5. The van der Waals surface area contributed by atoms with Crippen LogP contribution in [0.3, 0.4) is 0 Å². The third-order valence-corrected chi connectivity index (χ3v) is 8.85. The molecule has 4 amide bonds. The summed E-state index contributed by atoms with van der Waals surface area (Å²) in [7, 11) is -3.61. The van der Waals surface area contributed by atoms with Gasteiger partial charge in [0.15, 0.2) is 5.69 Å². The summed E-state index contributed by atoms with van der Waals surface area (Å²) in [5, 5.41) is 10.8. The number of carbonyl (C=O) groups is 4. The molecule has 2 aromatic heterocycles. The molecule has 0 spiro atoms. The number of nitrogens with zero attached hydrogens (tertiary/aromatic N) is 3. The van der Waals surface area contributed by atoms with Crippen LogP contribution in [0.2, 0.25) is 0 Å². The molecule has 0 radical (unpaired) electrons. The summed E-state index contributed by atoms with van der Waals surface area (Å²) < 4.78 is 31.3. The van der Waals surface area contributed by atoms with Gasteiger partial charge in [-0.15, -0.1) is 11.3 Å². The zero-order chi connectivity index (χ0) is 33.4. The Balaban J connectivity index is 1.64. The molecule has 0 fully saturated rings. The predicted octanol–water partition coefficient (Wildman–Crippen LogP) is 1.87. The second-order valence-corrected chi connectivity index (χ2v) is 14.1. The van der Waals surface area contributed by atoms with E-state index in [9.17, 15) is 27.6 Å². The predicted molar refractivity (Wildman–Crippen MR) is 170 cm³/mol. The Morgan fingerprint density at radius 3 is 2.54 bits per heavy atom. The second-order valence-electron chi connectivity index (χ2n) is 11.4. The van der Waals surface area contributed by atoms with Gasteiger partial charge in [0.1, 0.15) is 22.5 Å². The van der Waals surface area contributed by atoms with Crippen LogP contribution in [0.25, 0.3) is 0 Å². The van der Waals surface area contributed by atoms with E-state index in [0.717, 1.165) is 11.8 Å². The van der Waals surface area contributed by atoms with Gasteiger partial charge in [-0.2, -0.15) is 0 Å². The number of oxazole rings is 1. The number of sulfonamides is 1. The molecule has 3 heterocycles. The number of amides is 4. The highest BCUT2D eigenvalue weighted by molar-refractivity contribution is 7.88. The maximum Gasteiger partial charge on any atom is 0.274 e. The first-order valence-corrected chi connectivity index (χ1v) is 17.6. The maximum atomic E-state index is 13.5. The van der Waals surface area contributed by atoms with E-state index in [4.69, 9.17) is 4.42 Å². The zero-order valence-corrected chi connectivity index (χ0v) is 27.8. The van der Waals surface area contributed by atoms with Crippen molar-refractivity contribution in [3.63, 3.8) is 0 Å². The average molecular weight is 674 g/mol. The number of hydrogen-bond donors (Lipinski definition) is 4. The average Bonchev–Trinajstić information content (AvgIpc) is 3.64. The van der Waals surface area contributed by atoms with E-state index >= 15 is 0 Å². The minimum absolute atomic E-state index is 0.0334. The van der Waals surface area contributed by atoms with Crippen molar-refractivity contribution in [1.29, 1.82) is 0 Å². The van der Waals surface area contributed by atoms with Gasteiger partial charge < -0.3 is 25.3 Å². The summed E-state index contributed by atoms with van der Waals surface area (Å²) >= 11 is 1.23. The fraction of sp³-hybridized carbons (Fsp3) is 0.467. The number of aromatic nitrogens is 2. The molecule has 0 unspecified atom stereocenters. The molecule has 2 atom stereocenters. The van der Waals surface area contributed by atoms with Crippen LogP contribution in [0, 0.1) is 12.8 Å². The molecule has 46 heavy (non-hydrogen) atoms. The van der Waals surface area contributed by atoms with Crippen LogP contribution >= 0.6 is 11.3 Å². The number of thiazole rings is 1. The first-order valence-electron chi connectivity index (χ1n) is 14.9. The Bertz CT molecular complexity index is 1650. The first-order chi connectivity index (χ1) is 21.8. The van der Waals surface area contributed by atoms with Gasteiger partial charge in [-0.25, -0.2) is 23.1 Å². The Labute approximate surface area is 271 Å². The molecule has 1 aliphatic heterocycles. The van der Waals surface area contributed by atoms with Crippen molar-refractivity contribution in [2.75, 3.05) is 32.4 Å². The normalized spacial score (nSPS) is 18.9. The van der Waals surface area contributed by atoms with Crippen LogP contribution in [-0.4, -0.2) is 79.3 Å². The number of fused-ring (bicyclic) bond motifs is 4. The first kappa shape index (κ1) is 34.7. The Hall–Kier alpha value is -4.15. The molecule has 16 heteroatoms. The molecular formula is C30H39N7O7S2. The summed E-state index contributed by atoms with van der Waals surface area (Å²) in [6, 6.07) is 8.25. The summed E-state index contributed by atoms with van der Waals surface area (Å²) in [5.41, 5.74) is 1.15. The van der Waals surface area contributed by atoms with E-state index in [0.29, 0.717) is 11.4 Å².